The zero-order valence-corrected chi connectivity index (χ0v) is 14.0. The normalized spacial score (nSPS) is 27.7. The summed E-state index contributed by atoms with van der Waals surface area (Å²) in [4.78, 5) is 28.4. The van der Waals surface area contributed by atoms with E-state index in [0.717, 1.165) is 30.6 Å². The van der Waals surface area contributed by atoms with Crippen molar-refractivity contribution in [3.8, 4) is 0 Å². The monoisotopic (exact) mass is 321 g/mol. The Morgan fingerprint density at radius 2 is 2.14 bits per heavy atom. The maximum atomic E-state index is 12.9. The average molecular weight is 321 g/mol. The Hall–Kier alpha value is -1.36. The van der Waals surface area contributed by atoms with E-state index in [2.05, 4.69) is 13.8 Å². The highest BCUT2D eigenvalue weighted by Crippen LogP contribution is 2.41. The van der Waals surface area contributed by atoms with Gasteiger partial charge >= 0.3 is 5.97 Å². The molecule has 1 saturated heterocycles. The summed E-state index contributed by atoms with van der Waals surface area (Å²) >= 11 is 1.59. The first kappa shape index (κ1) is 15.5. The molecule has 120 valence electrons. The fourth-order valence-electron chi connectivity index (χ4n) is 4.16. The molecule has 0 aromatic carbocycles. The van der Waals surface area contributed by atoms with Crippen molar-refractivity contribution in [1.82, 2.24) is 4.90 Å². The number of carbonyl (C=O) groups is 2. The summed E-state index contributed by atoms with van der Waals surface area (Å²) < 4.78 is 0. The molecule has 0 radical (unpaired) electrons. The van der Waals surface area contributed by atoms with Crippen molar-refractivity contribution in [2.75, 3.05) is 6.54 Å². The number of rotatable bonds is 3. The first-order chi connectivity index (χ1) is 10.5. The number of amides is 1. The largest absolute Gasteiger partial charge is 0.481 e. The molecule has 1 aromatic heterocycles. The number of hydrogen-bond donors (Lipinski definition) is 1. The standard InChI is InChI=1S/C17H23NO3S/c1-3-14-10(2)9-15(22-14)16(19)18-8-7-12(17(20)21)11-5-4-6-13(11)18/h9,11-13H,3-8H2,1-2H3,(H,20,21). The van der Waals surface area contributed by atoms with E-state index in [1.807, 2.05) is 11.0 Å². The molecule has 0 spiro atoms. The van der Waals surface area contributed by atoms with Gasteiger partial charge in [-0.15, -0.1) is 11.3 Å². The Morgan fingerprint density at radius 1 is 1.36 bits per heavy atom. The van der Waals surface area contributed by atoms with E-state index in [9.17, 15) is 14.7 Å². The Labute approximate surface area is 135 Å². The molecule has 2 fully saturated rings. The fourth-order valence-corrected chi connectivity index (χ4v) is 5.23. The van der Waals surface area contributed by atoms with Gasteiger partial charge in [0.25, 0.3) is 5.91 Å². The molecule has 2 heterocycles. The van der Waals surface area contributed by atoms with Crippen LogP contribution < -0.4 is 0 Å². The molecule has 5 heteroatoms. The lowest BCUT2D eigenvalue weighted by atomic mass is 9.81. The number of thiophene rings is 1. The Morgan fingerprint density at radius 3 is 2.77 bits per heavy atom. The van der Waals surface area contributed by atoms with E-state index in [-0.39, 0.29) is 23.8 Å². The lowest BCUT2D eigenvalue weighted by Gasteiger charge is -2.40. The number of piperidine rings is 1. The van der Waals surface area contributed by atoms with Crippen LogP contribution in [0, 0.1) is 18.8 Å². The van der Waals surface area contributed by atoms with Crippen molar-refractivity contribution in [1.29, 1.82) is 0 Å². The molecule has 3 atom stereocenters. The lowest BCUT2D eigenvalue weighted by molar-refractivity contribution is -0.146. The highest BCUT2D eigenvalue weighted by molar-refractivity contribution is 7.14. The molecular weight excluding hydrogens is 298 g/mol. The molecule has 3 unspecified atom stereocenters. The maximum Gasteiger partial charge on any atom is 0.306 e. The molecule has 1 saturated carbocycles. The SMILES string of the molecule is CCc1sc(C(=O)N2CCC(C(=O)O)C3CCCC32)cc1C. The Kier molecular flexibility index (Phi) is 4.26. The molecule has 4 nitrogen and oxygen atoms in total. The summed E-state index contributed by atoms with van der Waals surface area (Å²) in [6.07, 6.45) is 4.47. The topological polar surface area (TPSA) is 57.6 Å². The average Bonchev–Trinajstić information content (AvgIpc) is 3.11. The van der Waals surface area contributed by atoms with Crippen LogP contribution in [-0.2, 0) is 11.2 Å². The number of aliphatic carboxylic acids is 1. The summed E-state index contributed by atoms with van der Waals surface area (Å²) in [5, 5.41) is 9.40. The number of aryl methyl sites for hydroxylation is 2. The third kappa shape index (κ3) is 2.56. The van der Waals surface area contributed by atoms with Gasteiger partial charge in [0.05, 0.1) is 10.8 Å². The summed E-state index contributed by atoms with van der Waals surface area (Å²) in [6, 6.07) is 2.12. The molecule has 1 aliphatic heterocycles. The molecule has 1 aromatic rings. The van der Waals surface area contributed by atoms with Crippen LogP contribution in [-0.4, -0.2) is 34.5 Å². The van der Waals surface area contributed by atoms with Crippen LogP contribution in [0.15, 0.2) is 6.07 Å². The van der Waals surface area contributed by atoms with Gasteiger partial charge in [-0.05, 0) is 50.2 Å². The van der Waals surface area contributed by atoms with E-state index in [1.165, 1.54) is 10.4 Å². The number of fused-ring (bicyclic) bond motifs is 1. The maximum absolute atomic E-state index is 12.9. The Bertz CT molecular complexity index is 595. The van der Waals surface area contributed by atoms with Crippen LogP contribution >= 0.6 is 11.3 Å². The van der Waals surface area contributed by atoms with Gasteiger partial charge in [0.1, 0.15) is 0 Å². The van der Waals surface area contributed by atoms with Crippen LogP contribution in [0.4, 0.5) is 0 Å². The first-order valence-corrected chi connectivity index (χ1v) is 8.97. The van der Waals surface area contributed by atoms with Crippen LogP contribution in [0.1, 0.15) is 52.7 Å². The molecule has 1 amide bonds. The van der Waals surface area contributed by atoms with Crippen molar-refractivity contribution in [3.63, 3.8) is 0 Å². The zero-order chi connectivity index (χ0) is 15.9. The smallest absolute Gasteiger partial charge is 0.306 e. The van der Waals surface area contributed by atoms with Gasteiger partial charge < -0.3 is 10.0 Å². The van der Waals surface area contributed by atoms with Gasteiger partial charge in [0.15, 0.2) is 0 Å². The third-order valence-corrected chi connectivity index (χ3v) is 6.63. The molecule has 1 aliphatic carbocycles. The van der Waals surface area contributed by atoms with Crippen molar-refractivity contribution in [2.24, 2.45) is 11.8 Å². The summed E-state index contributed by atoms with van der Waals surface area (Å²) in [6.45, 7) is 4.75. The van der Waals surface area contributed by atoms with Gasteiger partial charge in [0, 0.05) is 17.5 Å². The molecule has 3 rings (SSSR count). The van der Waals surface area contributed by atoms with Gasteiger partial charge in [-0.1, -0.05) is 13.3 Å². The summed E-state index contributed by atoms with van der Waals surface area (Å²) in [5.74, 6) is -0.715. The van der Waals surface area contributed by atoms with Crippen molar-refractivity contribution < 1.29 is 14.7 Å². The van der Waals surface area contributed by atoms with Gasteiger partial charge in [-0.25, -0.2) is 0 Å². The van der Waals surface area contributed by atoms with Crippen LogP contribution in [0.25, 0.3) is 0 Å². The fraction of sp³-hybridized carbons (Fsp3) is 0.647. The van der Waals surface area contributed by atoms with E-state index < -0.39 is 5.97 Å². The predicted molar refractivity (Wildman–Crippen MR) is 86.3 cm³/mol. The van der Waals surface area contributed by atoms with Crippen molar-refractivity contribution in [2.45, 2.75) is 52.0 Å². The lowest BCUT2D eigenvalue weighted by Crippen LogP contribution is -2.50. The van der Waals surface area contributed by atoms with Gasteiger partial charge in [-0.3, -0.25) is 9.59 Å². The molecule has 0 bridgehead atoms. The van der Waals surface area contributed by atoms with E-state index in [1.54, 1.807) is 11.3 Å². The second-order valence-corrected chi connectivity index (χ2v) is 7.60. The highest BCUT2D eigenvalue weighted by Gasteiger charge is 2.45. The van der Waals surface area contributed by atoms with Crippen molar-refractivity contribution >= 4 is 23.2 Å². The minimum atomic E-state index is -0.691. The van der Waals surface area contributed by atoms with Gasteiger partial charge in [-0.2, -0.15) is 0 Å². The highest BCUT2D eigenvalue weighted by atomic mass is 32.1. The van der Waals surface area contributed by atoms with E-state index in [4.69, 9.17) is 0 Å². The quantitative estimate of drug-likeness (QED) is 0.929. The van der Waals surface area contributed by atoms with Gasteiger partial charge in [0.2, 0.25) is 0 Å². The van der Waals surface area contributed by atoms with Crippen LogP contribution in [0.3, 0.4) is 0 Å². The summed E-state index contributed by atoms with van der Waals surface area (Å²) in [7, 11) is 0. The minimum absolute atomic E-state index is 0.105. The second kappa shape index (κ2) is 6.03. The zero-order valence-electron chi connectivity index (χ0n) is 13.2. The number of likely N-dealkylation sites (tertiary alicyclic amines) is 1. The number of carbonyl (C=O) groups excluding carboxylic acids is 1. The predicted octanol–water partition coefficient (Wildman–Crippen LogP) is 3.33. The number of hydrogen-bond acceptors (Lipinski definition) is 3. The number of nitrogens with zero attached hydrogens (tertiary/aromatic N) is 1. The molecule has 22 heavy (non-hydrogen) atoms. The number of carboxylic acids is 1. The second-order valence-electron chi connectivity index (χ2n) is 6.46. The van der Waals surface area contributed by atoms with Crippen LogP contribution in [0.2, 0.25) is 0 Å². The minimum Gasteiger partial charge on any atom is -0.481 e. The summed E-state index contributed by atoms with van der Waals surface area (Å²) in [5.41, 5.74) is 1.19. The number of carboxylic acid groups (broad SMARTS) is 1. The van der Waals surface area contributed by atoms with Crippen molar-refractivity contribution in [3.05, 3.63) is 21.4 Å². The van der Waals surface area contributed by atoms with E-state index in [0.29, 0.717) is 13.0 Å². The Balaban J connectivity index is 1.82. The molecule has 1 N–H and O–H groups in total. The first-order valence-electron chi connectivity index (χ1n) is 8.16. The molecular formula is C17H23NO3S. The molecule has 2 aliphatic rings. The third-order valence-electron chi connectivity index (χ3n) is 5.26. The van der Waals surface area contributed by atoms with Crippen LogP contribution in [0.5, 0.6) is 0 Å². The van der Waals surface area contributed by atoms with E-state index >= 15 is 0 Å².